The molecule has 1 N–H and O–H groups in total. The lowest BCUT2D eigenvalue weighted by Gasteiger charge is -2.09. The van der Waals surface area contributed by atoms with Crippen LogP contribution in [0.1, 0.15) is 5.56 Å². The lowest BCUT2D eigenvalue weighted by Crippen LogP contribution is -2.17. The molecule has 1 aromatic carbocycles. The molecule has 2 aromatic rings. The SMILES string of the molecule is O=c1[nH]nnn1-c1ccc(F)c(C(F)(F)F)c1. The molecule has 0 saturated heterocycles. The van der Waals surface area contributed by atoms with E-state index in [9.17, 15) is 22.4 Å². The minimum atomic E-state index is -4.84. The minimum absolute atomic E-state index is 0.225. The number of H-pyrrole nitrogens is 1. The Morgan fingerprint density at radius 1 is 1.29 bits per heavy atom. The molecule has 17 heavy (non-hydrogen) atoms. The van der Waals surface area contributed by atoms with E-state index in [-0.39, 0.29) is 5.69 Å². The maximum Gasteiger partial charge on any atom is 0.419 e. The molecule has 0 amide bonds. The molecular formula is C8H4F4N4O. The first-order valence-electron chi connectivity index (χ1n) is 4.27. The van der Waals surface area contributed by atoms with Crippen molar-refractivity contribution in [1.82, 2.24) is 20.2 Å². The quantitative estimate of drug-likeness (QED) is 0.769. The number of tetrazole rings is 1. The van der Waals surface area contributed by atoms with E-state index < -0.39 is 23.2 Å². The first-order valence-corrected chi connectivity index (χ1v) is 4.27. The third-order valence-corrected chi connectivity index (χ3v) is 1.97. The molecule has 0 spiro atoms. The van der Waals surface area contributed by atoms with Crippen molar-refractivity contribution in [3.63, 3.8) is 0 Å². The third-order valence-electron chi connectivity index (χ3n) is 1.97. The Bertz CT molecular complexity index is 600. The van der Waals surface area contributed by atoms with E-state index in [2.05, 4.69) is 10.4 Å². The summed E-state index contributed by atoms with van der Waals surface area (Å²) in [5.41, 5.74) is -2.51. The minimum Gasteiger partial charge on any atom is -0.244 e. The predicted molar refractivity (Wildman–Crippen MR) is 46.9 cm³/mol. The molecule has 0 aliphatic rings. The Hall–Kier alpha value is -2.19. The number of hydrogen-bond acceptors (Lipinski definition) is 3. The summed E-state index contributed by atoms with van der Waals surface area (Å²) in [5, 5.41) is 8.27. The van der Waals surface area contributed by atoms with Gasteiger partial charge in [0.05, 0.1) is 11.3 Å². The number of halogens is 4. The smallest absolute Gasteiger partial charge is 0.244 e. The predicted octanol–water partition coefficient (Wildman–Crippen LogP) is 1.11. The Balaban J connectivity index is 2.60. The third kappa shape index (κ3) is 2.03. The molecule has 0 saturated carbocycles. The second-order valence-electron chi connectivity index (χ2n) is 3.08. The molecule has 0 aliphatic carbocycles. The summed E-state index contributed by atoms with van der Waals surface area (Å²) in [4.78, 5) is 11.1. The molecule has 2 rings (SSSR count). The lowest BCUT2D eigenvalue weighted by atomic mass is 10.2. The molecule has 1 aromatic heterocycles. The zero-order valence-corrected chi connectivity index (χ0v) is 7.99. The van der Waals surface area contributed by atoms with Gasteiger partial charge in [0.25, 0.3) is 0 Å². The van der Waals surface area contributed by atoms with Crippen LogP contribution >= 0.6 is 0 Å². The second kappa shape index (κ2) is 3.68. The Labute approximate surface area is 90.7 Å². The van der Waals surface area contributed by atoms with Gasteiger partial charge in [-0.15, -0.1) is 0 Å². The number of nitrogens with one attached hydrogen (secondary N) is 1. The zero-order valence-electron chi connectivity index (χ0n) is 7.99. The van der Waals surface area contributed by atoms with Gasteiger partial charge >= 0.3 is 11.9 Å². The molecule has 0 fully saturated rings. The van der Waals surface area contributed by atoms with Gasteiger partial charge in [0.2, 0.25) is 0 Å². The molecular weight excluding hydrogens is 244 g/mol. The average molecular weight is 248 g/mol. The van der Waals surface area contributed by atoms with Crippen molar-refractivity contribution in [2.24, 2.45) is 0 Å². The normalized spacial score (nSPS) is 11.8. The zero-order chi connectivity index (χ0) is 12.6. The van der Waals surface area contributed by atoms with Crippen LogP contribution in [0.25, 0.3) is 5.69 Å². The second-order valence-corrected chi connectivity index (χ2v) is 3.08. The van der Waals surface area contributed by atoms with Crippen LogP contribution in [0.15, 0.2) is 23.0 Å². The largest absolute Gasteiger partial charge is 0.419 e. The highest BCUT2D eigenvalue weighted by Crippen LogP contribution is 2.32. The number of rotatable bonds is 1. The van der Waals surface area contributed by atoms with Crippen molar-refractivity contribution in [3.8, 4) is 5.69 Å². The molecule has 0 bridgehead atoms. The van der Waals surface area contributed by atoms with Gasteiger partial charge in [-0.1, -0.05) is 0 Å². The van der Waals surface area contributed by atoms with Crippen LogP contribution < -0.4 is 5.69 Å². The average Bonchev–Trinajstić information content (AvgIpc) is 2.63. The number of benzene rings is 1. The van der Waals surface area contributed by atoms with Crippen LogP contribution in [0.2, 0.25) is 0 Å². The number of nitrogens with zero attached hydrogens (tertiary/aromatic N) is 3. The fraction of sp³-hybridized carbons (Fsp3) is 0.125. The van der Waals surface area contributed by atoms with Crippen molar-refractivity contribution in [2.75, 3.05) is 0 Å². The van der Waals surface area contributed by atoms with E-state index in [1.54, 1.807) is 0 Å². The molecule has 0 radical (unpaired) electrons. The molecule has 90 valence electrons. The van der Waals surface area contributed by atoms with E-state index in [0.29, 0.717) is 16.8 Å². The van der Waals surface area contributed by atoms with E-state index >= 15 is 0 Å². The highest BCUT2D eigenvalue weighted by Gasteiger charge is 2.34. The fourth-order valence-corrected chi connectivity index (χ4v) is 1.23. The number of hydrogen-bond donors (Lipinski definition) is 1. The summed E-state index contributed by atoms with van der Waals surface area (Å²) in [6.45, 7) is 0. The first-order chi connectivity index (χ1) is 7.89. The standard InChI is InChI=1S/C8H4F4N4O/c9-6-2-1-4(3-5(6)8(10,11)12)16-7(17)13-14-15-16/h1-3H,(H,13,15,17). The Morgan fingerprint density at radius 2 is 2.00 bits per heavy atom. The number of aromatic amines is 1. The van der Waals surface area contributed by atoms with Gasteiger partial charge in [0.15, 0.2) is 0 Å². The van der Waals surface area contributed by atoms with Crippen molar-refractivity contribution in [3.05, 3.63) is 40.1 Å². The molecule has 1 heterocycles. The molecule has 0 unspecified atom stereocenters. The summed E-state index contributed by atoms with van der Waals surface area (Å²) in [7, 11) is 0. The maximum atomic E-state index is 13.0. The van der Waals surface area contributed by atoms with Gasteiger partial charge < -0.3 is 0 Å². The van der Waals surface area contributed by atoms with Gasteiger partial charge in [-0.3, -0.25) is 0 Å². The van der Waals surface area contributed by atoms with Crippen molar-refractivity contribution >= 4 is 0 Å². The molecule has 5 nitrogen and oxygen atoms in total. The van der Waals surface area contributed by atoms with Crippen LogP contribution in [-0.4, -0.2) is 20.2 Å². The summed E-state index contributed by atoms with van der Waals surface area (Å²) in [5.74, 6) is -1.42. The van der Waals surface area contributed by atoms with Gasteiger partial charge in [-0.25, -0.2) is 14.3 Å². The van der Waals surface area contributed by atoms with Crippen LogP contribution in [0, 0.1) is 5.82 Å². The van der Waals surface area contributed by atoms with Crippen LogP contribution in [0.5, 0.6) is 0 Å². The Kier molecular flexibility index (Phi) is 2.45. The fourth-order valence-electron chi connectivity index (χ4n) is 1.23. The van der Waals surface area contributed by atoms with Crippen LogP contribution in [0.4, 0.5) is 17.6 Å². The summed E-state index contributed by atoms with van der Waals surface area (Å²) >= 11 is 0. The summed E-state index contributed by atoms with van der Waals surface area (Å²) in [6.07, 6.45) is -4.84. The highest BCUT2D eigenvalue weighted by molar-refractivity contribution is 5.36. The molecule has 0 atom stereocenters. The van der Waals surface area contributed by atoms with E-state index in [4.69, 9.17) is 0 Å². The summed E-state index contributed by atoms with van der Waals surface area (Å²) in [6, 6.07) is 2.09. The highest BCUT2D eigenvalue weighted by atomic mass is 19.4. The number of alkyl halides is 3. The van der Waals surface area contributed by atoms with Gasteiger partial charge in [0.1, 0.15) is 5.82 Å². The number of aromatic nitrogens is 4. The van der Waals surface area contributed by atoms with Gasteiger partial charge in [-0.2, -0.15) is 17.9 Å². The van der Waals surface area contributed by atoms with Crippen LogP contribution in [0.3, 0.4) is 0 Å². The molecule has 9 heteroatoms. The maximum absolute atomic E-state index is 13.0. The lowest BCUT2D eigenvalue weighted by molar-refractivity contribution is -0.140. The van der Waals surface area contributed by atoms with E-state index in [1.165, 1.54) is 0 Å². The van der Waals surface area contributed by atoms with Crippen molar-refractivity contribution in [2.45, 2.75) is 6.18 Å². The van der Waals surface area contributed by atoms with Crippen molar-refractivity contribution in [1.29, 1.82) is 0 Å². The van der Waals surface area contributed by atoms with Crippen molar-refractivity contribution < 1.29 is 17.6 Å². The monoisotopic (exact) mass is 248 g/mol. The van der Waals surface area contributed by atoms with E-state index in [1.807, 2.05) is 5.10 Å². The summed E-state index contributed by atoms with van der Waals surface area (Å²) < 4.78 is 50.7. The first kappa shape index (κ1) is 11.3. The van der Waals surface area contributed by atoms with E-state index in [0.717, 1.165) is 6.07 Å². The molecule has 0 aliphatic heterocycles. The van der Waals surface area contributed by atoms with Gasteiger partial charge in [-0.05, 0) is 28.6 Å². The Morgan fingerprint density at radius 3 is 2.53 bits per heavy atom. The topological polar surface area (TPSA) is 63.6 Å². The van der Waals surface area contributed by atoms with Crippen LogP contribution in [-0.2, 0) is 6.18 Å². The van der Waals surface area contributed by atoms with Gasteiger partial charge in [0, 0.05) is 0 Å².